The van der Waals surface area contributed by atoms with E-state index in [0.717, 1.165) is 64.8 Å². The van der Waals surface area contributed by atoms with Crippen molar-refractivity contribution in [2.24, 2.45) is 11.3 Å². The van der Waals surface area contributed by atoms with Crippen LogP contribution < -0.4 is 5.32 Å². The van der Waals surface area contributed by atoms with E-state index in [2.05, 4.69) is 10.2 Å². The first-order chi connectivity index (χ1) is 15.0. The Morgan fingerprint density at radius 2 is 1.90 bits per heavy atom. The second kappa shape index (κ2) is 8.51. The highest BCUT2D eigenvalue weighted by molar-refractivity contribution is 5.95. The average molecular weight is 430 g/mol. The predicted octanol–water partition coefficient (Wildman–Crippen LogP) is 2.44. The number of benzene rings is 1. The van der Waals surface area contributed by atoms with Crippen LogP contribution in [-0.2, 0) is 9.53 Å². The van der Waals surface area contributed by atoms with Crippen molar-refractivity contribution in [1.82, 2.24) is 15.1 Å². The van der Waals surface area contributed by atoms with Crippen molar-refractivity contribution in [3.8, 4) is 0 Å². The zero-order valence-corrected chi connectivity index (χ0v) is 18.0. The van der Waals surface area contributed by atoms with Crippen LogP contribution in [0.15, 0.2) is 24.3 Å². The molecule has 6 nitrogen and oxygen atoms in total. The van der Waals surface area contributed by atoms with Crippen molar-refractivity contribution < 1.29 is 18.7 Å². The number of piperidine rings is 1. The Balaban J connectivity index is 1.36. The Bertz CT molecular complexity index is 839. The molecule has 1 aromatic rings. The van der Waals surface area contributed by atoms with Gasteiger partial charge in [-0.05, 0) is 62.6 Å². The third-order valence-corrected chi connectivity index (χ3v) is 7.77. The van der Waals surface area contributed by atoms with E-state index in [1.54, 1.807) is 17.0 Å². The first-order valence-electron chi connectivity index (χ1n) is 11.7. The number of nitrogens with one attached hydrogen (secondary N) is 1. The summed E-state index contributed by atoms with van der Waals surface area (Å²) in [7, 11) is 0. The van der Waals surface area contributed by atoms with Gasteiger partial charge in [-0.1, -0.05) is 6.07 Å². The number of hydrogen-bond acceptors (Lipinski definition) is 4. The number of rotatable bonds is 4. The van der Waals surface area contributed by atoms with Gasteiger partial charge in [0.15, 0.2) is 0 Å². The van der Waals surface area contributed by atoms with Crippen molar-refractivity contribution in [3.63, 3.8) is 0 Å². The highest BCUT2D eigenvalue weighted by Crippen LogP contribution is 2.48. The fourth-order valence-electron chi connectivity index (χ4n) is 5.81. The van der Waals surface area contributed by atoms with Crippen LogP contribution in [0.3, 0.4) is 0 Å². The SMILES string of the molecule is O=C(c1cccc(F)c1)N1CC[C@@H]2C[C@@H](N3CCOCC3)CC[C@@]2(C(=O)NC2CC2)C1. The summed E-state index contributed by atoms with van der Waals surface area (Å²) in [4.78, 5) is 31.0. The maximum atomic E-state index is 13.7. The van der Waals surface area contributed by atoms with Crippen LogP contribution in [0.1, 0.15) is 48.9 Å². The Kier molecular flexibility index (Phi) is 5.73. The lowest BCUT2D eigenvalue weighted by Gasteiger charge is -2.53. The monoisotopic (exact) mass is 429 g/mol. The molecule has 3 atom stereocenters. The fraction of sp³-hybridized carbons (Fsp3) is 0.667. The molecule has 2 aliphatic heterocycles. The summed E-state index contributed by atoms with van der Waals surface area (Å²) in [5, 5.41) is 3.25. The van der Waals surface area contributed by atoms with Gasteiger partial charge >= 0.3 is 0 Å². The van der Waals surface area contributed by atoms with E-state index in [4.69, 9.17) is 4.74 Å². The van der Waals surface area contributed by atoms with Crippen molar-refractivity contribution in [2.45, 2.75) is 50.6 Å². The molecule has 0 aromatic heterocycles. The number of fused-ring (bicyclic) bond motifs is 1. The summed E-state index contributed by atoms with van der Waals surface area (Å²) in [5.74, 6) is -0.193. The molecule has 0 radical (unpaired) electrons. The van der Waals surface area contributed by atoms with Crippen molar-refractivity contribution in [1.29, 1.82) is 0 Å². The summed E-state index contributed by atoms with van der Waals surface area (Å²) in [6.07, 6.45) is 5.69. The number of likely N-dealkylation sites (tertiary alicyclic amines) is 1. The summed E-state index contributed by atoms with van der Waals surface area (Å²) in [5.41, 5.74) is -0.176. The van der Waals surface area contributed by atoms with Gasteiger partial charge in [-0.25, -0.2) is 4.39 Å². The standard InChI is InChI=1S/C24H32FN3O3/c25-19-3-1-2-17(14-19)22(29)28-9-7-18-15-21(27-10-12-31-13-11-27)6-8-24(18,16-28)23(30)26-20-4-5-20/h1-3,14,18,20-21H,4-13,15-16H2,(H,26,30)/t18-,21+,24-/m1/s1. The van der Waals surface area contributed by atoms with Crippen LogP contribution in [0, 0.1) is 17.2 Å². The van der Waals surface area contributed by atoms with Gasteiger partial charge in [0.1, 0.15) is 5.82 Å². The lowest BCUT2D eigenvalue weighted by atomic mass is 9.60. The molecule has 1 N–H and O–H groups in total. The molecule has 2 amide bonds. The third kappa shape index (κ3) is 4.22. The quantitative estimate of drug-likeness (QED) is 0.799. The molecule has 4 aliphatic rings. The van der Waals surface area contributed by atoms with Gasteiger partial charge < -0.3 is 15.0 Å². The van der Waals surface area contributed by atoms with Crippen LogP contribution in [0.2, 0.25) is 0 Å². The van der Waals surface area contributed by atoms with Gasteiger partial charge in [0.05, 0.1) is 18.6 Å². The van der Waals surface area contributed by atoms with E-state index in [-0.39, 0.29) is 17.7 Å². The molecule has 31 heavy (non-hydrogen) atoms. The molecule has 5 rings (SSSR count). The molecule has 2 saturated carbocycles. The van der Waals surface area contributed by atoms with Crippen LogP contribution in [0.4, 0.5) is 4.39 Å². The summed E-state index contributed by atoms with van der Waals surface area (Å²) < 4.78 is 19.2. The number of halogens is 1. The number of nitrogens with zero attached hydrogens (tertiary/aromatic N) is 2. The molecule has 0 unspecified atom stereocenters. The van der Waals surface area contributed by atoms with E-state index in [1.165, 1.54) is 12.1 Å². The van der Waals surface area contributed by atoms with Crippen LogP contribution in [0.25, 0.3) is 0 Å². The molecule has 4 fully saturated rings. The number of amides is 2. The minimum atomic E-state index is -0.535. The first kappa shape index (κ1) is 20.9. The maximum Gasteiger partial charge on any atom is 0.253 e. The van der Waals surface area contributed by atoms with Crippen molar-refractivity contribution in [2.75, 3.05) is 39.4 Å². The second-order valence-corrected chi connectivity index (χ2v) is 9.70. The third-order valence-electron chi connectivity index (χ3n) is 7.77. The van der Waals surface area contributed by atoms with Gasteiger partial charge in [0.2, 0.25) is 5.91 Å². The number of hydrogen-bond donors (Lipinski definition) is 1. The predicted molar refractivity (Wildman–Crippen MR) is 114 cm³/mol. The van der Waals surface area contributed by atoms with Gasteiger partial charge in [0.25, 0.3) is 5.91 Å². The zero-order valence-electron chi connectivity index (χ0n) is 18.0. The minimum absolute atomic E-state index is 0.122. The number of carbonyl (C=O) groups is 2. The Morgan fingerprint density at radius 1 is 1.10 bits per heavy atom. The minimum Gasteiger partial charge on any atom is -0.379 e. The topological polar surface area (TPSA) is 61.9 Å². The largest absolute Gasteiger partial charge is 0.379 e. The van der Waals surface area contributed by atoms with Crippen LogP contribution >= 0.6 is 0 Å². The number of ether oxygens (including phenoxy) is 1. The van der Waals surface area contributed by atoms with Crippen LogP contribution in [-0.4, -0.2) is 73.1 Å². The lowest BCUT2D eigenvalue weighted by molar-refractivity contribution is -0.143. The molecule has 0 bridgehead atoms. The van der Waals surface area contributed by atoms with Crippen LogP contribution in [0.5, 0.6) is 0 Å². The molecule has 1 aromatic carbocycles. The van der Waals surface area contributed by atoms with Gasteiger partial charge in [-0.15, -0.1) is 0 Å². The van der Waals surface area contributed by atoms with E-state index >= 15 is 0 Å². The number of carbonyl (C=O) groups excluding carboxylic acids is 2. The second-order valence-electron chi connectivity index (χ2n) is 9.70. The zero-order chi connectivity index (χ0) is 21.4. The van der Waals surface area contributed by atoms with Crippen molar-refractivity contribution in [3.05, 3.63) is 35.6 Å². The molecule has 2 saturated heterocycles. The van der Waals surface area contributed by atoms with Gasteiger partial charge in [-0.2, -0.15) is 0 Å². The molecule has 168 valence electrons. The summed E-state index contributed by atoms with van der Waals surface area (Å²) in [6.45, 7) is 4.54. The normalized spacial score (nSPS) is 31.7. The smallest absolute Gasteiger partial charge is 0.253 e. The molecule has 2 aliphatic carbocycles. The molecule has 7 heteroatoms. The molecular weight excluding hydrogens is 397 g/mol. The van der Waals surface area contributed by atoms with E-state index in [9.17, 15) is 14.0 Å². The molecule has 2 heterocycles. The molecular formula is C24H32FN3O3. The van der Waals surface area contributed by atoms with Gasteiger partial charge in [-0.3, -0.25) is 14.5 Å². The molecule has 0 spiro atoms. The summed E-state index contributed by atoms with van der Waals surface area (Å²) in [6, 6.07) is 6.65. The van der Waals surface area contributed by atoms with Gasteiger partial charge in [0, 0.05) is 43.8 Å². The Morgan fingerprint density at radius 3 is 2.65 bits per heavy atom. The number of morpholine rings is 1. The van der Waals surface area contributed by atoms with E-state index in [1.807, 2.05) is 0 Å². The van der Waals surface area contributed by atoms with E-state index < -0.39 is 11.2 Å². The average Bonchev–Trinajstić information content (AvgIpc) is 3.62. The highest BCUT2D eigenvalue weighted by atomic mass is 19.1. The first-order valence-corrected chi connectivity index (χ1v) is 11.7. The van der Waals surface area contributed by atoms with E-state index in [0.29, 0.717) is 30.7 Å². The highest BCUT2D eigenvalue weighted by Gasteiger charge is 2.54. The van der Waals surface area contributed by atoms with Crippen molar-refractivity contribution >= 4 is 11.8 Å². The lowest BCUT2D eigenvalue weighted by Crippen LogP contribution is -2.61. The Labute approximate surface area is 183 Å². The maximum absolute atomic E-state index is 13.7. The fourth-order valence-corrected chi connectivity index (χ4v) is 5.81. The summed E-state index contributed by atoms with van der Waals surface area (Å²) >= 11 is 0. The Hall–Kier alpha value is -1.99.